The Morgan fingerprint density at radius 2 is 2.00 bits per heavy atom. The molecule has 0 saturated heterocycles. The van der Waals surface area contributed by atoms with E-state index in [1.165, 1.54) is 24.8 Å². The van der Waals surface area contributed by atoms with Gasteiger partial charge in [0.1, 0.15) is 0 Å². The minimum Gasteiger partial charge on any atom is -0.388 e. The van der Waals surface area contributed by atoms with E-state index in [4.69, 9.17) is 0 Å². The molecule has 1 unspecified atom stereocenters. The molecule has 2 heteroatoms. The SMILES string of the molecule is CCN(CC)CCC(O)c1cccc(C2CCC2)c1. The van der Waals surface area contributed by atoms with Crippen LogP contribution < -0.4 is 0 Å². The van der Waals surface area contributed by atoms with E-state index >= 15 is 0 Å². The second kappa shape index (κ2) is 7.06. The third-order valence-corrected chi connectivity index (χ3v) is 4.49. The highest BCUT2D eigenvalue weighted by Crippen LogP contribution is 2.37. The summed E-state index contributed by atoms with van der Waals surface area (Å²) in [5, 5.41) is 10.3. The molecule has 1 N–H and O–H groups in total. The van der Waals surface area contributed by atoms with Crippen LogP contribution in [0.25, 0.3) is 0 Å². The van der Waals surface area contributed by atoms with Crippen LogP contribution in [0.4, 0.5) is 0 Å². The molecule has 0 radical (unpaired) electrons. The van der Waals surface area contributed by atoms with Crippen molar-refractivity contribution in [1.82, 2.24) is 4.90 Å². The Balaban J connectivity index is 1.92. The van der Waals surface area contributed by atoms with Crippen molar-refractivity contribution in [2.24, 2.45) is 0 Å². The van der Waals surface area contributed by atoms with Gasteiger partial charge in [-0.2, -0.15) is 0 Å². The van der Waals surface area contributed by atoms with E-state index in [1.807, 2.05) is 0 Å². The van der Waals surface area contributed by atoms with Gasteiger partial charge in [-0.1, -0.05) is 44.5 Å². The zero-order valence-corrected chi connectivity index (χ0v) is 12.3. The number of aliphatic hydroxyl groups is 1. The van der Waals surface area contributed by atoms with Gasteiger partial charge in [0, 0.05) is 6.54 Å². The Bertz CT molecular complexity index is 383. The third-order valence-electron chi connectivity index (χ3n) is 4.49. The summed E-state index contributed by atoms with van der Waals surface area (Å²) in [5.74, 6) is 0.745. The number of aliphatic hydroxyl groups excluding tert-OH is 1. The number of hydrogen-bond acceptors (Lipinski definition) is 2. The van der Waals surface area contributed by atoms with Crippen LogP contribution in [0.15, 0.2) is 24.3 Å². The molecule has 0 aliphatic heterocycles. The molecule has 19 heavy (non-hydrogen) atoms. The van der Waals surface area contributed by atoms with Gasteiger partial charge in [0.15, 0.2) is 0 Å². The van der Waals surface area contributed by atoms with Crippen molar-refractivity contribution >= 4 is 0 Å². The van der Waals surface area contributed by atoms with E-state index in [9.17, 15) is 5.11 Å². The van der Waals surface area contributed by atoms with Crippen molar-refractivity contribution < 1.29 is 5.11 Å². The van der Waals surface area contributed by atoms with Gasteiger partial charge in [-0.05, 0) is 49.4 Å². The summed E-state index contributed by atoms with van der Waals surface area (Å²) in [6, 6.07) is 8.60. The number of benzene rings is 1. The van der Waals surface area contributed by atoms with E-state index in [-0.39, 0.29) is 6.10 Å². The second-order valence-electron chi connectivity index (χ2n) is 5.63. The number of hydrogen-bond donors (Lipinski definition) is 1. The van der Waals surface area contributed by atoms with Crippen LogP contribution in [0.3, 0.4) is 0 Å². The fourth-order valence-electron chi connectivity index (χ4n) is 2.77. The minimum atomic E-state index is -0.319. The smallest absolute Gasteiger partial charge is 0.0802 e. The predicted octanol–water partition coefficient (Wildman–Crippen LogP) is 3.72. The average Bonchev–Trinajstić information content (AvgIpc) is 2.38. The second-order valence-corrected chi connectivity index (χ2v) is 5.63. The maximum absolute atomic E-state index is 10.3. The number of rotatable bonds is 7. The first-order valence-electron chi connectivity index (χ1n) is 7.74. The van der Waals surface area contributed by atoms with Crippen molar-refractivity contribution in [3.63, 3.8) is 0 Å². The predicted molar refractivity (Wildman–Crippen MR) is 80.4 cm³/mol. The van der Waals surface area contributed by atoms with Crippen LogP contribution in [0.2, 0.25) is 0 Å². The van der Waals surface area contributed by atoms with Crippen molar-refractivity contribution in [3.05, 3.63) is 35.4 Å². The molecule has 0 heterocycles. The van der Waals surface area contributed by atoms with Gasteiger partial charge in [-0.3, -0.25) is 0 Å². The molecular weight excluding hydrogens is 234 g/mol. The summed E-state index contributed by atoms with van der Waals surface area (Å²) < 4.78 is 0. The Kier molecular flexibility index (Phi) is 5.41. The van der Waals surface area contributed by atoms with Gasteiger partial charge in [-0.15, -0.1) is 0 Å². The topological polar surface area (TPSA) is 23.5 Å². The van der Waals surface area contributed by atoms with Crippen LogP contribution >= 0.6 is 0 Å². The van der Waals surface area contributed by atoms with Gasteiger partial charge in [0.25, 0.3) is 0 Å². The van der Waals surface area contributed by atoms with Gasteiger partial charge >= 0.3 is 0 Å². The van der Waals surface area contributed by atoms with E-state index in [0.29, 0.717) is 0 Å². The van der Waals surface area contributed by atoms with Crippen molar-refractivity contribution in [3.8, 4) is 0 Å². The van der Waals surface area contributed by atoms with Gasteiger partial charge in [-0.25, -0.2) is 0 Å². The van der Waals surface area contributed by atoms with Crippen LogP contribution in [-0.2, 0) is 0 Å². The first kappa shape index (κ1) is 14.5. The normalized spacial score (nSPS) is 17.5. The molecular formula is C17H27NO. The quantitative estimate of drug-likeness (QED) is 0.808. The molecule has 0 aromatic heterocycles. The Hall–Kier alpha value is -0.860. The molecule has 1 aromatic rings. The first-order valence-corrected chi connectivity index (χ1v) is 7.74. The van der Waals surface area contributed by atoms with Crippen molar-refractivity contribution in [1.29, 1.82) is 0 Å². The van der Waals surface area contributed by atoms with Crippen molar-refractivity contribution in [2.75, 3.05) is 19.6 Å². The molecule has 0 amide bonds. The average molecular weight is 261 g/mol. The largest absolute Gasteiger partial charge is 0.388 e. The monoisotopic (exact) mass is 261 g/mol. The highest BCUT2D eigenvalue weighted by Gasteiger charge is 2.20. The zero-order valence-electron chi connectivity index (χ0n) is 12.3. The van der Waals surface area contributed by atoms with E-state index in [0.717, 1.165) is 37.5 Å². The summed E-state index contributed by atoms with van der Waals surface area (Å²) in [6.45, 7) is 7.44. The van der Waals surface area contributed by atoms with Crippen molar-refractivity contribution in [2.45, 2.75) is 51.6 Å². The van der Waals surface area contributed by atoms with Crippen LogP contribution in [0.5, 0.6) is 0 Å². The lowest BCUT2D eigenvalue weighted by Gasteiger charge is -2.27. The maximum Gasteiger partial charge on any atom is 0.0802 e. The third kappa shape index (κ3) is 3.80. The Morgan fingerprint density at radius 3 is 2.58 bits per heavy atom. The summed E-state index contributed by atoms with van der Waals surface area (Å²) >= 11 is 0. The standard InChI is InChI=1S/C17H27NO/c1-3-18(4-2)12-11-17(19)16-10-6-9-15(13-16)14-7-5-8-14/h6,9-10,13-14,17,19H,3-5,7-8,11-12H2,1-2H3. The molecule has 1 aliphatic carbocycles. The molecule has 0 spiro atoms. The maximum atomic E-state index is 10.3. The Morgan fingerprint density at radius 1 is 1.26 bits per heavy atom. The first-order chi connectivity index (χ1) is 9.24. The fraction of sp³-hybridized carbons (Fsp3) is 0.647. The van der Waals surface area contributed by atoms with Crippen LogP contribution in [-0.4, -0.2) is 29.6 Å². The molecule has 1 fully saturated rings. The Labute approximate surface area is 117 Å². The highest BCUT2D eigenvalue weighted by molar-refractivity contribution is 5.29. The van der Waals surface area contributed by atoms with Crippen LogP contribution in [0, 0.1) is 0 Å². The van der Waals surface area contributed by atoms with Gasteiger partial charge < -0.3 is 10.0 Å². The zero-order chi connectivity index (χ0) is 13.7. The summed E-state index contributed by atoms with van der Waals surface area (Å²) in [4.78, 5) is 2.36. The molecule has 2 nitrogen and oxygen atoms in total. The lowest BCUT2D eigenvalue weighted by Crippen LogP contribution is -2.25. The van der Waals surface area contributed by atoms with E-state index < -0.39 is 0 Å². The summed E-state index contributed by atoms with van der Waals surface area (Å²) in [5.41, 5.74) is 2.52. The molecule has 106 valence electrons. The van der Waals surface area contributed by atoms with E-state index in [2.05, 4.69) is 43.0 Å². The summed E-state index contributed by atoms with van der Waals surface area (Å²) in [7, 11) is 0. The molecule has 1 aromatic carbocycles. The van der Waals surface area contributed by atoms with Gasteiger partial charge in [0.2, 0.25) is 0 Å². The molecule has 1 atom stereocenters. The molecule has 0 bridgehead atoms. The lowest BCUT2D eigenvalue weighted by atomic mass is 9.79. The number of nitrogens with zero attached hydrogens (tertiary/aromatic N) is 1. The highest BCUT2D eigenvalue weighted by atomic mass is 16.3. The fourth-order valence-corrected chi connectivity index (χ4v) is 2.77. The molecule has 2 rings (SSSR count). The van der Waals surface area contributed by atoms with Gasteiger partial charge in [0.05, 0.1) is 6.10 Å². The van der Waals surface area contributed by atoms with E-state index in [1.54, 1.807) is 0 Å². The lowest BCUT2D eigenvalue weighted by molar-refractivity contribution is 0.145. The molecule has 1 saturated carbocycles. The summed E-state index contributed by atoms with van der Waals surface area (Å²) in [6.07, 6.45) is 4.51. The molecule has 1 aliphatic rings. The van der Waals surface area contributed by atoms with Crippen LogP contribution in [0.1, 0.15) is 62.7 Å². The minimum absolute atomic E-state index is 0.319.